The van der Waals surface area contributed by atoms with Crippen LogP contribution < -0.4 is 10.6 Å². The van der Waals surface area contributed by atoms with Crippen molar-refractivity contribution >= 4 is 55.3 Å². The summed E-state index contributed by atoms with van der Waals surface area (Å²) in [5.41, 5.74) is 0.113. The molecule has 0 atom stereocenters. The highest BCUT2D eigenvalue weighted by Gasteiger charge is 2.51. The van der Waals surface area contributed by atoms with Crippen LogP contribution in [0, 0.1) is 0 Å². The van der Waals surface area contributed by atoms with E-state index < -0.39 is 5.54 Å². The second kappa shape index (κ2) is 7.36. The number of hydrogen-bond donors (Lipinski definition) is 2. The zero-order valence-corrected chi connectivity index (χ0v) is 17.3. The molecule has 1 aliphatic heterocycles. The fourth-order valence-electron chi connectivity index (χ4n) is 4.48. The standard InChI is InChI=1S/C22H22N4O3S/c27-17(10-13-26-19(28)22(25-21(26)29)11-4-1-5-12-22)23-20-24-18-15-7-3-2-6-14(15)8-9-16(18)30-20/h2-3,6-9H,1,4-5,10-13H2,(H,25,29)(H,23,24,27). The van der Waals surface area contributed by atoms with E-state index in [4.69, 9.17) is 0 Å². The van der Waals surface area contributed by atoms with E-state index >= 15 is 0 Å². The van der Waals surface area contributed by atoms with Crippen LogP contribution in [-0.2, 0) is 9.59 Å². The summed E-state index contributed by atoms with van der Waals surface area (Å²) in [5.74, 6) is -0.449. The number of nitrogens with one attached hydrogen (secondary N) is 2. The van der Waals surface area contributed by atoms with Gasteiger partial charge in [-0.1, -0.05) is 60.9 Å². The monoisotopic (exact) mass is 422 g/mol. The lowest BCUT2D eigenvalue weighted by atomic mass is 9.82. The number of thiazole rings is 1. The van der Waals surface area contributed by atoms with Crippen molar-refractivity contribution in [3.63, 3.8) is 0 Å². The smallest absolute Gasteiger partial charge is 0.323 e. The van der Waals surface area contributed by atoms with E-state index in [2.05, 4.69) is 15.6 Å². The number of nitrogens with zero attached hydrogens (tertiary/aromatic N) is 2. The Morgan fingerprint density at radius 2 is 1.93 bits per heavy atom. The lowest BCUT2D eigenvalue weighted by Gasteiger charge is -2.30. The molecule has 2 aromatic carbocycles. The lowest BCUT2D eigenvalue weighted by molar-refractivity contribution is -0.132. The first-order valence-corrected chi connectivity index (χ1v) is 11.1. The Bertz CT molecular complexity index is 1170. The van der Waals surface area contributed by atoms with Gasteiger partial charge in [0.1, 0.15) is 5.54 Å². The number of fused-ring (bicyclic) bond motifs is 3. The highest BCUT2D eigenvalue weighted by molar-refractivity contribution is 7.22. The van der Waals surface area contributed by atoms with Gasteiger partial charge in [0.25, 0.3) is 5.91 Å². The summed E-state index contributed by atoms with van der Waals surface area (Å²) in [5, 5.41) is 8.36. The summed E-state index contributed by atoms with van der Waals surface area (Å²) in [6.45, 7) is 0.0755. The van der Waals surface area contributed by atoms with Gasteiger partial charge in [-0.3, -0.25) is 14.5 Å². The molecule has 2 N–H and O–H groups in total. The first kappa shape index (κ1) is 19.0. The second-order valence-electron chi connectivity index (χ2n) is 7.98. The predicted molar refractivity (Wildman–Crippen MR) is 116 cm³/mol. The lowest BCUT2D eigenvalue weighted by Crippen LogP contribution is -2.48. The van der Waals surface area contributed by atoms with Crippen LogP contribution in [0.15, 0.2) is 36.4 Å². The zero-order valence-electron chi connectivity index (χ0n) is 16.4. The molecule has 4 amide bonds. The number of anilines is 1. The van der Waals surface area contributed by atoms with E-state index in [1.54, 1.807) is 0 Å². The molecule has 1 aliphatic carbocycles. The SMILES string of the molecule is O=C(CCN1C(=O)NC2(CCCCC2)C1=O)Nc1nc2c(ccc3ccccc32)s1. The number of benzene rings is 2. The number of aromatic nitrogens is 1. The molecule has 0 unspecified atom stereocenters. The maximum atomic E-state index is 12.8. The fraction of sp³-hybridized carbons (Fsp3) is 0.364. The third-order valence-electron chi connectivity index (χ3n) is 6.05. The molecule has 1 saturated heterocycles. The highest BCUT2D eigenvalue weighted by atomic mass is 32.1. The third-order valence-corrected chi connectivity index (χ3v) is 6.98. The molecular weight excluding hydrogens is 400 g/mol. The third kappa shape index (κ3) is 3.21. The van der Waals surface area contributed by atoms with Gasteiger partial charge >= 0.3 is 6.03 Å². The minimum absolute atomic E-state index is 0.0475. The molecule has 30 heavy (non-hydrogen) atoms. The largest absolute Gasteiger partial charge is 0.325 e. The molecule has 8 heteroatoms. The Balaban J connectivity index is 1.26. The van der Waals surface area contributed by atoms with Gasteiger partial charge in [-0.2, -0.15) is 0 Å². The van der Waals surface area contributed by atoms with Gasteiger partial charge in [-0.05, 0) is 24.3 Å². The van der Waals surface area contributed by atoms with Crippen LogP contribution in [0.1, 0.15) is 38.5 Å². The minimum atomic E-state index is -0.750. The zero-order chi connectivity index (χ0) is 20.7. The Hall–Kier alpha value is -3.00. The summed E-state index contributed by atoms with van der Waals surface area (Å²) in [7, 11) is 0. The average Bonchev–Trinajstić information content (AvgIpc) is 3.26. The van der Waals surface area contributed by atoms with Gasteiger partial charge in [-0.25, -0.2) is 9.78 Å². The molecule has 7 nitrogen and oxygen atoms in total. The topological polar surface area (TPSA) is 91.4 Å². The summed E-state index contributed by atoms with van der Waals surface area (Å²) in [6.07, 6.45) is 4.37. The molecule has 1 saturated carbocycles. The number of hydrogen-bond acceptors (Lipinski definition) is 5. The fourth-order valence-corrected chi connectivity index (χ4v) is 5.38. The Labute approximate surface area is 177 Å². The van der Waals surface area contributed by atoms with Gasteiger partial charge in [0.2, 0.25) is 5.91 Å². The Morgan fingerprint density at radius 1 is 1.13 bits per heavy atom. The Morgan fingerprint density at radius 3 is 2.77 bits per heavy atom. The van der Waals surface area contributed by atoms with E-state index in [1.807, 2.05) is 36.4 Å². The molecule has 2 fully saturated rings. The highest BCUT2D eigenvalue weighted by Crippen LogP contribution is 2.34. The molecule has 154 valence electrons. The number of carbonyl (C=O) groups excluding carboxylic acids is 3. The number of urea groups is 1. The van der Waals surface area contributed by atoms with E-state index in [1.165, 1.54) is 16.2 Å². The van der Waals surface area contributed by atoms with Gasteiger partial charge in [0.15, 0.2) is 5.13 Å². The van der Waals surface area contributed by atoms with Crippen LogP contribution in [0.3, 0.4) is 0 Å². The summed E-state index contributed by atoms with van der Waals surface area (Å²) in [6, 6.07) is 11.7. The molecule has 2 aliphatic rings. The van der Waals surface area contributed by atoms with Crippen LogP contribution in [0.4, 0.5) is 9.93 Å². The first-order valence-electron chi connectivity index (χ1n) is 10.3. The number of imide groups is 1. The summed E-state index contributed by atoms with van der Waals surface area (Å²) < 4.78 is 0.998. The minimum Gasteiger partial charge on any atom is -0.323 e. The van der Waals surface area contributed by atoms with Gasteiger partial charge in [0, 0.05) is 18.4 Å². The maximum Gasteiger partial charge on any atom is 0.325 e. The molecular formula is C22H22N4O3S. The number of rotatable bonds is 4. The predicted octanol–water partition coefficient (Wildman–Crippen LogP) is 4.03. The van der Waals surface area contributed by atoms with Crippen molar-refractivity contribution in [2.45, 2.75) is 44.1 Å². The first-order chi connectivity index (χ1) is 14.6. The summed E-state index contributed by atoms with van der Waals surface area (Å²) in [4.78, 5) is 43.4. The van der Waals surface area contributed by atoms with Crippen LogP contribution in [0.2, 0.25) is 0 Å². The van der Waals surface area contributed by atoms with Crippen molar-refractivity contribution in [1.82, 2.24) is 15.2 Å². The van der Waals surface area contributed by atoms with Crippen molar-refractivity contribution in [3.8, 4) is 0 Å². The van der Waals surface area contributed by atoms with Crippen LogP contribution in [0.25, 0.3) is 21.0 Å². The van der Waals surface area contributed by atoms with Crippen molar-refractivity contribution in [2.24, 2.45) is 0 Å². The van der Waals surface area contributed by atoms with Crippen LogP contribution in [0.5, 0.6) is 0 Å². The Kier molecular flexibility index (Phi) is 4.66. The average molecular weight is 423 g/mol. The molecule has 2 heterocycles. The van der Waals surface area contributed by atoms with Gasteiger partial charge in [-0.15, -0.1) is 0 Å². The van der Waals surface area contributed by atoms with Crippen LogP contribution in [-0.4, -0.2) is 39.8 Å². The molecule has 5 rings (SSSR count). The van der Waals surface area contributed by atoms with Gasteiger partial charge in [0.05, 0.1) is 10.2 Å². The number of carbonyl (C=O) groups is 3. The van der Waals surface area contributed by atoms with E-state index in [0.717, 1.165) is 40.3 Å². The molecule has 1 aromatic heterocycles. The van der Waals surface area contributed by atoms with Crippen molar-refractivity contribution < 1.29 is 14.4 Å². The van der Waals surface area contributed by atoms with E-state index in [0.29, 0.717) is 18.0 Å². The maximum absolute atomic E-state index is 12.8. The molecule has 0 radical (unpaired) electrons. The van der Waals surface area contributed by atoms with Crippen LogP contribution >= 0.6 is 11.3 Å². The van der Waals surface area contributed by atoms with Crippen molar-refractivity contribution in [3.05, 3.63) is 36.4 Å². The normalized spacial score (nSPS) is 18.3. The van der Waals surface area contributed by atoms with Gasteiger partial charge < -0.3 is 10.6 Å². The van der Waals surface area contributed by atoms with Crippen molar-refractivity contribution in [2.75, 3.05) is 11.9 Å². The van der Waals surface area contributed by atoms with E-state index in [9.17, 15) is 14.4 Å². The quantitative estimate of drug-likeness (QED) is 0.621. The molecule has 0 bridgehead atoms. The molecule has 3 aromatic rings. The summed E-state index contributed by atoms with van der Waals surface area (Å²) >= 11 is 1.41. The second-order valence-corrected chi connectivity index (χ2v) is 9.01. The molecule has 1 spiro atoms. The van der Waals surface area contributed by atoms with Crippen molar-refractivity contribution in [1.29, 1.82) is 0 Å². The number of amides is 4. The van der Waals surface area contributed by atoms with E-state index in [-0.39, 0.29) is 30.8 Å².